The second-order valence-corrected chi connectivity index (χ2v) is 8.89. The van der Waals surface area contributed by atoms with Crippen molar-refractivity contribution in [2.45, 2.75) is 38.1 Å². The number of nitrogens with one attached hydrogen (secondary N) is 1. The van der Waals surface area contributed by atoms with Crippen LogP contribution >= 0.6 is 0 Å². The summed E-state index contributed by atoms with van der Waals surface area (Å²) < 4.78 is 33.2. The van der Waals surface area contributed by atoms with Crippen molar-refractivity contribution in [1.82, 2.24) is 5.32 Å². The zero-order valence-corrected chi connectivity index (χ0v) is 16.9. The van der Waals surface area contributed by atoms with Crippen molar-refractivity contribution in [2.24, 2.45) is 0 Å². The van der Waals surface area contributed by atoms with Gasteiger partial charge in [0.25, 0.3) is 10.0 Å². The Labute approximate surface area is 161 Å². The number of anilines is 1. The number of nitrogens with zero attached hydrogens (tertiary/aromatic N) is 1. The minimum Gasteiger partial charge on any atom is -0.492 e. The third-order valence-electron chi connectivity index (χ3n) is 3.57. The summed E-state index contributed by atoms with van der Waals surface area (Å²) in [5, 5.41) is 2.81. The molecule has 1 N–H and O–H groups in total. The third kappa shape index (κ3) is 5.47. The number of hydrogen-bond acceptors (Lipinski definition) is 4. The van der Waals surface area contributed by atoms with Gasteiger partial charge in [0.2, 0.25) is 5.91 Å². The fraction of sp³-hybridized carbons (Fsp3) is 0.350. The van der Waals surface area contributed by atoms with E-state index in [9.17, 15) is 13.2 Å². The number of benzene rings is 2. The standard InChI is InChI=1S/C20H26N2O4S/c1-5-26-18-14-10-9-13-17(18)22(15-19(23)21-20(2,3)4)27(24,25)16-11-7-6-8-12-16/h6-14H,5,15H2,1-4H3,(H,21,23). The van der Waals surface area contributed by atoms with Gasteiger partial charge >= 0.3 is 0 Å². The molecular formula is C20H26N2O4S. The molecule has 0 heterocycles. The number of ether oxygens (including phenoxy) is 1. The molecule has 0 unspecified atom stereocenters. The molecule has 0 radical (unpaired) electrons. The molecule has 2 aromatic carbocycles. The Morgan fingerprint density at radius 2 is 1.63 bits per heavy atom. The van der Waals surface area contributed by atoms with Crippen molar-refractivity contribution in [3.8, 4) is 5.75 Å². The second-order valence-electron chi connectivity index (χ2n) is 7.02. The van der Waals surface area contributed by atoms with Gasteiger partial charge < -0.3 is 10.1 Å². The van der Waals surface area contributed by atoms with Crippen molar-refractivity contribution >= 4 is 21.6 Å². The molecule has 146 valence electrons. The zero-order chi connectivity index (χ0) is 20.1. The van der Waals surface area contributed by atoms with Crippen molar-refractivity contribution in [1.29, 1.82) is 0 Å². The van der Waals surface area contributed by atoms with E-state index in [4.69, 9.17) is 4.74 Å². The van der Waals surface area contributed by atoms with Crippen molar-refractivity contribution in [2.75, 3.05) is 17.5 Å². The van der Waals surface area contributed by atoms with E-state index < -0.39 is 21.5 Å². The minimum atomic E-state index is -3.95. The number of rotatable bonds is 7. The van der Waals surface area contributed by atoms with E-state index in [2.05, 4.69) is 5.32 Å². The Kier molecular flexibility index (Phi) is 6.49. The molecule has 0 atom stereocenters. The number of carbonyl (C=O) groups is 1. The summed E-state index contributed by atoms with van der Waals surface area (Å²) in [6.07, 6.45) is 0. The van der Waals surface area contributed by atoms with Crippen molar-refractivity contribution in [3.63, 3.8) is 0 Å². The van der Waals surface area contributed by atoms with Crippen LogP contribution in [0.3, 0.4) is 0 Å². The van der Waals surface area contributed by atoms with Crippen LogP contribution in [0.1, 0.15) is 27.7 Å². The van der Waals surface area contributed by atoms with Gasteiger partial charge in [0.1, 0.15) is 12.3 Å². The molecule has 0 bridgehead atoms. The number of sulfonamides is 1. The van der Waals surface area contributed by atoms with E-state index in [0.717, 1.165) is 4.31 Å². The molecule has 0 aliphatic rings. The highest BCUT2D eigenvalue weighted by molar-refractivity contribution is 7.92. The molecule has 0 spiro atoms. The van der Waals surface area contributed by atoms with Gasteiger partial charge in [-0.05, 0) is 52.0 Å². The van der Waals surface area contributed by atoms with E-state index in [0.29, 0.717) is 18.0 Å². The van der Waals surface area contributed by atoms with E-state index in [1.807, 2.05) is 27.7 Å². The molecule has 1 amide bonds. The lowest BCUT2D eigenvalue weighted by Crippen LogP contribution is -2.47. The maximum atomic E-state index is 13.3. The highest BCUT2D eigenvalue weighted by Gasteiger charge is 2.30. The fourth-order valence-electron chi connectivity index (χ4n) is 2.55. The Morgan fingerprint density at radius 3 is 2.22 bits per heavy atom. The quantitative estimate of drug-likeness (QED) is 0.788. The van der Waals surface area contributed by atoms with Crippen molar-refractivity contribution < 1.29 is 17.9 Å². The third-order valence-corrected chi connectivity index (χ3v) is 5.34. The van der Waals surface area contributed by atoms with Crippen LogP contribution in [0.4, 0.5) is 5.69 Å². The van der Waals surface area contributed by atoms with Gasteiger partial charge in [-0.1, -0.05) is 30.3 Å². The largest absolute Gasteiger partial charge is 0.492 e. The van der Waals surface area contributed by atoms with Gasteiger partial charge in [0.15, 0.2) is 0 Å². The molecule has 7 heteroatoms. The first-order valence-electron chi connectivity index (χ1n) is 8.76. The van der Waals surface area contributed by atoms with Gasteiger partial charge in [-0.15, -0.1) is 0 Å². The fourth-order valence-corrected chi connectivity index (χ4v) is 4.00. The smallest absolute Gasteiger partial charge is 0.264 e. The molecule has 2 rings (SSSR count). The van der Waals surface area contributed by atoms with Gasteiger partial charge in [-0.2, -0.15) is 0 Å². The molecule has 0 aromatic heterocycles. The summed E-state index contributed by atoms with van der Waals surface area (Å²) in [4.78, 5) is 12.6. The number of carbonyl (C=O) groups excluding carboxylic acids is 1. The van der Waals surface area contributed by atoms with Crippen LogP contribution in [0.2, 0.25) is 0 Å². The number of amides is 1. The summed E-state index contributed by atoms with van der Waals surface area (Å²) >= 11 is 0. The normalized spacial score (nSPS) is 11.7. The summed E-state index contributed by atoms with van der Waals surface area (Å²) in [5.74, 6) is 0.0105. The van der Waals surface area contributed by atoms with Crippen LogP contribution in [0.15, 0.2) is 59.5 Å². The van der Waals surface area contributed by atoms with Crippen LogP contribution in [-0.2, 0) is 14.8 Å². The molecular weight excluding hydrogens is 364 g/mol. The van der Waals surface area contributed by atoms with Gasteiger partial charge in [-0.3, -0.25) is 9.10 Å². The summed E-state index contributed by atoms with van der Waals surface area (Å²) in [7, 11) is -3.95. The molecule has 0 fully saturated rings. The van der Waals surface area contributed by atoms with Crippen LogP contribution in [0, 0.1) is 0 Å². The SMILES string of the molecule is CCOc1ccccc1N(CC(=O)NC(C)(C)C)S(=O)(=O)c1ccccc1. The lowest BCUT2D eigenvalue weighted by Gasteiger charge is -2.28. The molecule has 0 aliphatic heterocycles. The second kappa shape index (κ2) is 8.43. The molecule has 6 nitrogen and oxygen atoms in total. The molecule has 0 aliphatic carbocycles. The number of hydrogen-bond donors (Lipinski definition) is 1. The molecule has 2 aromatic rings. The average molecular weight is 391 g/mol. The molecule has 0 saturated heterocycles. The highest BCUT2D eigenvalue weighted by Crippen LogP contribution is 2.32. The summed E-state index contributed by atoms with van der Waals surface area (Å²) in [6, 6.07) is 14.8. The Morgan fingerprint density at radius 1 is 1.04 bits per heavy atom. The average Bonchev–Trinajstić information content (AvgIpc) is 2.60. The van der Waals surface area contributed by atoms with E-state index >= 15 is 0 Å². The monoisotopic (exact) mass is 390 g/mol. The van der Waals surface area contributed by atoms with Gasteiger partial charge in [-0.25, -0.2) is 8.42 Å². The number of para-hydroxylation sites is 2. The lowest BCUT2D eigenvalue weighted by molar-refractivity contribution is -0.121. The van der Waals surface area contributed by atoms with Crippen LogP contribution in [0.25, 0.3) is 0 Å². The van der Waals surface area contributed by atoms with Crippen LogP contribution in [-0.4, -0.2) is 33.0 Å². The van der Waals surface area contributed by atoms with Gasteiger partial charge in [0.05, 0.1) is 17.2 Å². The first kappa shape index (κ1) is 20.8. The van der Waals surface area contributed by atoms with Gasteiger partial charge in [0, 0.05) is 5.54 Å². The minimum absolute atomic E-state index is 0.111. The van der Waals surface area contributed by atoms with E-state index in [1.165, 1.54) is 12.1 Å². The predicted octanol–water partition coefficient (Wildman–Crippen LogP) is 3.20. The molecule has 27 heavy (non-hydrogen) atoms. The maximum Gasteiger partial charge on any atom is 0.264 e. The van der Waals surface area contributed by atoms with Crippen LogP contribution in [0.5, 0.6) is 5.75 Å². The molecule has 0 saturated carbocycles. The Bertz CT molecular complexity index is 874. The highest BCUT2D eigenvalue weighted by atomic mass is 32.2. The Hall–Kier alpha value is -2.54. The first-order chi connectivity index (χ1) is 12.6. The van der Waals surface area contributed by atoms with E-state index in [-0.39, 0.29) is 11.4 Å². The first-order valence-corrected chi connectivity index (χ1v) is 10.2. The zero-order valence-electron chi connectivity index (χ0n) is 16.1. The van der Waals surface area contributed by atoms with Crippen LogP contribution < -0.4 is 14.4 Å². The lowest BCUT2D eigenvalue weighted by atomic mass is 10.1. The summed E-state index contributed by atoms with van der Waals surface area (Å²) in [6.45, 7) is 7.38. The predicted molar refractivity (Wildman–Crippen MR) is 106 cm³/mol. The maximum absolute atomic E-state index is 13.3. The van der Waals surface area contributed by atoms with Crippen molar-refractivity contribution in [3.05, 3.63) is 54.6 Å². The topological polar surface area (TPSA) is 75.7 Å². The van der Waals surface area contributed by atoms with E-state index in [1.54, 1.807) is 42.5 Å². The summed E-state index contributed by atoms with van der Waals surface area (Å²) in [5.41, 5.74) is -0.147. The Balaban J connectivity index is 2.51.